The zero-order chi connectivity index (χ0) is 17.1. The number of amides is 2. The van der Waals surface area contributed by atoms with Gasteiger partial charge in [-0.05, 0) is 25.1 Å². The number of rotatable bonds is 4. The molecule has 5 heteroatoms. The van der Waals surface area contributed by atoms with Crippen LogP contribution in [0.2, 0.25) is 0 Å². The molecule has 1 heterocycles. The molecule has 2 aromatic carbocycles. The largest absolute Gasteiger partial charge is 0.349 e. The maximum Gasteiger partial charge on any atom is 0.227 e. The van der Waals surface area contributed by atoms with Crippen molar-refractivity contribution in [1.82, 2.24) is 5.32 Å². The highest BCUT2D eigenvalue weighted by molar-refractivity contribution is 6.00. The minimum atomic E-state index is -0.445. The fraction of sp³-hybridized carbons (Fsp3) is 0.263. The van der Waals surface area contributed by atoms with Gasteiger partial charge in [-0.25, -0.2) is 4.39 Å². The van der Waals surface area contributed by atoms with E-state index in [9.17, 15) is 14.0 Å². The topological polar surface area (TPSA) is 49.4 Å². The van der Waals surface area contributed by atoms with Crippen LogP contribution < -0.4 is 10.2 Å². The van der Waals surface area contributed by atoms with Gasteiger partial charge in [0.2, 0.25) is 11.8 Å². The Hall–Kier alpha value is -2.69. The lowest BCUT2D eigenvalue weighted by molar-refractivity contribution is -0.126. The Bertz CT molecular complexity index is 748. The number of benzene rings is 2. The molecular weight excluding hydrogens is 307 g/mol. The fourth-order valence-corrected chi connectivity index (χ4v) is 2.98. The van der Waals surface area contributed by atoms with E-state index in [0.29, 0.717) is 12.1 Å². The summed E-state index contributed by atoms with van der Waals surface area (Å²) in [6.45, 7) is 2.08. The smallest absolute Gasteiger partial charge is 0.227 e. The molecule has 1 N–H and O–H groups in total. The van der Waals surface area contributed by atoms with Crippen molar-refractivity contribution in [1.29, 1.82) is 0 Å². The zero-order valence-electron chi connectivity index (χ0n) is 13.4. The van der Waals surface area contributed by atoms with Crippen molar-refractivity contribution >= 4 is 17.5 Å². The van der Waals surface area contributed by atoms with Crippen LogP contribution in [0.1, 0.15) is 24.9 Å². The van der Waals surface area contributed by atoms with Gasteiger partial charge in [0, 0.05) is 24.2 Å². The van der Waals surface area contributed by atoms with Crippen LogP contribution in [0.5, 0.6) is 0 Å². The van der Waals surface area contributed by atoms with Crippen LogP contribution in [-0.2, 0) is 9.59 Å². The second kappa shape index (κ2) is 6.83. The van der Waals surface area contributed by atoms with Crippen LogP contribution >= 0.6 is 0 Å². The van der Waals surface area contributed by atoms with Crippen molar-refractivity contribution in [2.75, 3.05) is 11.4 Å². The lowest BCUT2D eigenvalue weighted by Crippen LogP contribution is -2.34. The van der Waals surface area contributed by atoms with Gasteiger partial charge in [-0.15, -0.1) is 0 Å². The van der Waals surface area contributed by atoms with Crippen LogP contribution in [0.25, 0.3) is 0 Å². The summed E-state index contributed by atoms with van der Waals surface area (Å²) in [4.78, 5) is 26.3. The number of hydrogen-bond acceptors (Lipinski definition) is 2. The van der Waals surface area contributed by atoms with Gasteiger partial charge in [-0.3, -0.25) is 9.59 Å². The first kappa shape index (κ1) is 16.2. The molecule has 0 saturated carbocycles. The molecular formula is C19H19FN2O2. The van der Waals surface area contributed by atoms with E-state index in [2.05, 4.69) is 5.32 Å². The molecule has 2 amide bonds. The quantitative estimate of drug-likeness (QED) is 0.939. The standard InChI is InChI=1S/C19H19FN2O2/c1-13(16-9-5-6-10-17(16)20)21-19(24)14-11-18(23)22(12-14)15-7-3-2-4-8-15/h2-10,13-14H,11-12H2,1H3,(H,21,24). The van der Waals surface area contributed by atoms with Crippen molar-refractivity contribution in [3.05, 3.63) is 66.0 Å². The highest BCUT2D eigenvalue weighted by atomic mass is 19.1. The monoisotopic (exact) mass is 326 g/mol. The molecule has 4 nitrogen and oxygen atoms in total. The van der Waals surface area contributed by atoms with Gasteiger partial charge in [-0.2, -0.15) is 0 Å². The van der Waals surface area contributed by atoms with Gasteiger partial charge < -0.3 is 10.2 Å². The predicted octanol–water partition coefficient (Wildman–Crippen LogP) is 3.06. The Morgan fingerprint density at radius 2 is 1.83 bits per heavy atom. The Morgan fingerprint density at radius 1 is 1.17 bits per heavy atom. The van der Waals surface area contributed by atoms with E-state index in [4.69, 9.17) is 0 Å². The molecule has 0 aromatic heterocycles. The third-order valence-electron chi connectivity index (χ3n) is 4.29. The van der Waals surface area contributed by atoms with Crippen molar-refractivity contribution < 1.29 is 14.0 Å². The number of carbonyl (C=O) groups is 2. The summed E-state index contributed by atoms with van der Waals surface area (Å²) in [5.41, 5.74) is 1.23. The summed E-state index contributed by atoms with van der Waals surface area (Å²) >= 11 is 0. The summed E-state index contributed by atoms with van der Waals surface area (Å²) in [5.74, 6) is -1.07. The third-order valence-corrected chi connectivity index (χ3v) is 4.29. The third kappa shape index (κ3) is 3.30. The average Bonchev–Trinajstić information content (AvgIpc) is 2.98. The van der Waals surface area contributed by atoms with Gasteiger partial charge >= 0.3 is 0 Å². The molecule has 1 fully saturated rings. The summed E-state index contributed by atoms with van der Waals surface area (Å²) in [6.07, 6.45) is 0.171. The Kier molecular flexibility index (Phi) is 4.60. The van der Waals surface area contributed by atoms with Gasteiger partial charge in [0.05, 0.1) is 12.0 Å². The van der Waals surface area contributed by atoms with E-state index in [-0.39, 0.29) is 24.1 Å². The van der Waals surface area contributed by atoms with Gasteiger partial charge in [0.1, 0.15) is 5.82 Å². The molecule has 1 saturated heterocycles. The summed E-state index contributed by atoms with van der Waals surface area (Å²) in [6, 6.07) is 15.2. The predicted molar refractivity (Wildman–Crippen MR) is 89.9 cm³/mol. The van der Waals surface area contributed by atoms with Crippen LogP contribution in [-0.4, -0.2) is 18.4 Å². The summed E-state index contributed by atoms with van der Waals surface area (Å²) in [7, 11) is 0. The van der Waals surface area contributed by atoms with Gasteiger partial charge in [0.25, 0.3) is 0 Å². The first-order chi connectivity index (χ1) is 11.6. The number of anilines is 1. The SMILES string of the molecule is CC(NC(=O)C1CC(=O)N(c2ccccc2)C1)c1ccccc1F. The minimum Gasteiger partial charge on any atom is -0.349 e. The molecule has 0 radical (unpaired) electrons. The van der Waals surface area contributed by atoms with Crippen LogP contribution in [0.15, 0.2) is 54.6 Å². The Labute approximate surface area is 140 Å². The van der Waals surface area contributed by atoms with Gasteiger partial charge in [-0.1, -0.05) is 36.4 Å². The lowest BCUT2D eigenvalue weighted by atomic mass is 10.0. The van der Waals surface area contributed by atoms with E-state index in [1.54, 1.807) is 30.0 Å². The molecule has 2 aromatic rings. The number of nitrogens with one attached hydrogen (secondary N) is 1. The fourth-order valence-electron chi connectivity index (χ4n) is 2.98. The molecule has 2 unspecified atom stereocenters. The maximum atomic E-state index is 13.8. The number of nitrogens with zero attached hydrogens (tertiary/aromatic N) is 1. The molecule has 2 atom stereocenters. The molecule has 1 aliphatic rings. The summed E-state index contributed by atoms with van der Waals surface area (Å²) < 4.78 is 13.8. The van der Waals surface area contributed by atoms with Crippen LogP contribution in [0.3, 0.4) is 0 Å². The van der Waals surface area contributed by atoms with Crippen LogP contribution in [0.4, 0.5) is 10.1 Å². The molecule has 1 aliphatic heterocycles. The Balaban J connectivity index is 1.66. The number of para-hydroxylation sites is 1. The molecule has 0 bridgehead atoms. The van der Waals surface area contributed by atoms with E-state index < -0.39 is 12.0 Å². The number of hydrogen-bond donors (Lipinski definition) is 1. The molecule has 0 aliphatic carbocycles. The van der Waals surface area contributed by atoms with E-state index in [1.807, 2.05) is 30.3 Å². The van der Waals surface area contributed by atoms with Crippen molar-refractivity contribution in [2.24, 2.45) is 5.92 Å². The Morgan fingerprint density at radius 3 is 2.54 bits per heavy atom. The zero-order valence-corrected chi connectivity index (χ0v) is 13.4. The number of carbonyl (C=O) groups excluding carboxylic acids is 2. The second-order valence-electron chi connectivity index (χ2n) is 5.99. The van der Waals surface area contributed by atoms with Gasteiger partial charge in [0.15, 0.2) is 0 Å². The first-order valence-electron chi connectivity index (χ1n) is 7.96. The second-order valence-corrected chi connectivity index (χ2v) is 5.99. The van der Waals surface area contributed by atoms with E-state index >= 15 is 0 Å². The van der Waals surface area contributed by atoms with Crippen molar-refractivity contribution in [3.63, 3.8) is 0 Å². The first-order valence-corrected chi connectivity index (χ1v) is 7.96. The maximum absolute atomic E-state index is 13.8. The van der Waals surface area contributed by atoms with Crippen molar-refractivity contribution in [3.8, 4) is 0 Å². The van der Waals surface area contributed by atoms with E-state index in [1.165, 1.54) is 6.07 Å². The average molecular weight is 326 g/mol. The number of halogens is 1. The highest BCUT2D eigenvalue weighted by Gasteiger charge is 2.35. The molecule has 124 valence electrons. The van der Waals surface area contributed by atoms with Crippen molar-refractivity contribution in [2.45, 2.75) is 19.4 Å². The molecule has 0 spiro atoms. The van der Waals surface area contributed by atoms with E-state index in [0.717, 1.165) is 5.69 Å². The molecule has 3 rings (SSSR count). The van der Waals surface area contributed by atoms with Crippen LogP contribution in [0, 0.1) is 11.7 Å². The molecule has 24 heavy (non-hydrogen) atoms. The minimum absolute atomic E-state index is 0.0695. The lowest BCUT2D eigenvalue weighted by Gasteiger charge is -2.19. The highest BCUT2D eigenvalue weighted by Crippen LogP contribution is 2.26. The summed E-state index contributed by atoms with van der Waals surface area (Å²) in [5, 5.41) is 2.81. The normalized spacial score (nSPS) is 18.5.